The lowest BCUT2D eigenvalue weighted by Crippen LogP contribution is -2.56. The summed E-state index contributed by atoms with van der Waals surface area (Å²) in [4.78, 5) is 31.6. The zero-order chi connectivity index (χ0) is 22.7. The molecule has 2 aliphatic heterocycles. The highest BCUT2D eigenvalue weighted by Gasteiger charge is 2.30. The Morgan fingerprint density at radius 2 is 2.12 bits per heavy atom. The molecule has 2 heterocycles. The first-order valence-corrected chi connectivity index (χ1v) is 10.7. The van der Waals surface area contributed by atoms with Gasteiger partial charge in [-0.1, -0.05) is 33.8 Å². The number of allylic oxidation sites excluding steroid dienone is 2. The number of amides is 2. The second-order valence-corrected chi connectivity index (χ2v) is 8.23. The van der Waals surface area contributed by atoms with E-state index < -0.39 is 5.91 Å². The van der Waals surface area contributed by atoms with Gasteiger partial charge in [0, 0.05) is 10.0 Å². The molecule has 1 aliphatic carbocycles. The molecule has 1 aromatic rings. The van der Waals surface area contributed by atoms with E-state index in [-0.39, 0.29) is 24.2 Å². The molecule has 164 valence electrons. The second-order valence-electron chi connectivity index (χ2n) is 7.32. The van der Waals surface area contributed by atoms with Crippen molar-refractivity contribution in [3.05, 3.63) is 63.2 Å². The molecule has 5 N–H and O–H groups in total. The van der Waals surface area contributed by atoms with E-state index in [2.05, 4.69) is 42.4 Å². The minimum Gasteiger partial charge on any atom is -0.394 e. The van der Waals surface area contributed by atoms with E-state index >= 15 is 0 Å². The lowest BCUT2D eigenvalue weighted by atomic mass is 10.1. The normalized spacial score (nSPS) is 21.2. The van der Waals surface area contributed by atoms with Gasteiger partial charge < -0.3 is 11.1 Å². The molecule has 2 amide bonds. The van der Waals surface area contributed by atoms with Gasteiger partial charge in [-0.3, -0.25) is 20.2 Å². The number of fused-ring (bicyclic) bond motifs is 1. The van der Waals surface area contributed by atoms with Crippen LogP contribution >= 0.6 is 15.9 Å². The lowest BCUT2D eigenvalue weighted by Gasteiger charge is -2.31. The number of imide groups is 1. The Labute approximate surface area is 192 Å². The quantitative estimate of drug-likeness (QED) is 0.266. The van der Waals surface area contributed by atoms with E-state index in [1.54, 1.807) is 5.01 Å². The fraction of sp³-hybridized carbons (Fsp3) is 0.238. The van der Waals surface area contributed by atoms with Crippen molar-refractivity contribution in [1.82, 2.24) is 21.0 Å². The van der Waals surface area contributed by atoms with Gasteiger partial charge in [0.1, 0.15) is 0 Å². The fourth-order valence-electron chi connectivity index (χ4n) is 2.93. The Morgan fingerprint density at radius 3 is 2.81 bits per heavy atom. The highest BCUT2D eigenvalue weighted by molar-refractivity contribution is 9.10. The largest absolute Gasteiger partial charge is 0.394 e. The van der Waals surface area contributed by atoms with E-state index in [0.29, 0.717) is 23.3 Å². The molecule has 1 saturated heterocycles. The summed E-state index contributed by atoms with van der Waals surface area (Å²) in [5, 5.41) is 14.3. The van der Waals surface area contributed by atoms with Crippen molar-refractivity contribution < 1.29 is 9.59 Å². The van der Waals surface area contributed by atoms with Crippen LogP contribution in [0, 0.1) is 0 Å². The molecule has 32 heavy (non-hydrogen) atoms. The Balaban J connectivity index is 1.65. The third-order valence-corrected chi connectivity index (χ3v) is 5.27. The van der Waals surface area contributed by atoms with Crippen LogP contribution in [0.4, 0.5) is 0 Å². The molecule has 10 nitrogen and oxygen atoms in total. The zero-order valence-corrected chi connectivity index (χ0v) is 18.8. The smallest absolute Gasteiger partial charge is 0.273 e. The van der Waals surface area contributed by atoms with Crippen LogP contribution in [0.5, 0.6) is 0 Å². The Bertz CT molecular complexity index is 1120. The monoisotopic (exact) mass is 496 g/mol. The number of hydrogen-bond donors (Lipinski definition) is 4. The molecule has 2 fully saturated rings. The molecule has 4 rings (SSSR count). The number of nitrogens with zero attached hydrogens (tertiary/aromatic N) is 4. The van der Waals surface area contributed by atoms with Gasteiger partial charge in [0.2, 0.25) is 18.3 Å². The van der Waals surface area contributed by atoms with Crippen molar-refractivity contribution in [3.63, 3.8) is 0 Å². The van der Waals surface area contributed by atoms with Crippen molar-refractivity contribution in [2.75, 3.05) is 0 Å². The Morgan fingerprint density at radius 1 is 1.38 bits per heavy atom. The number of carbonyl (C=O) groups is 2. The molecular weight excluding hydrogens is 476 g/mol. The third kappa shape index (κ3) is 5.13. The third-order valence-electron chi connectivity index (χ3n) is 4.74. The number of hydrogen-bond acceptors (Lipinski definition) is 6. The maximum absolute atomic E-state index is 11.7. The first kappa shape index (κ1) is 21.5. The van der Waals surface area contributed by atoms with Crippen molar-refractivity contribution in [1.29, 1.82) is 0 Å². The summed E-state index contributed by atoms with van der Waals surface area (Å²) >= 11 is 3.44. The van der Waals surface area contributed by atoms with Crippen LogP contribution < -0.4 is 21.7 Å². The van der Waals surface area contributed by atoms with Gasteiger partial charge in [-0.05, 0) is 43.5 Å². The number of aliphatic imine (C=N–C) groups is 2. The van der Waals surface area contributed by atoms with Crippen LogP contribution in [0.25, 0.3) is 0 Å². The lowest BCUT2D eigenvalue weighted by molar-refractivity contribution is -0.122. The van der Waals surface area contributed by atoms with Crippen LogP contribution in [0.3, 0.4) is 0 Å². The van der Waals surface area contributed by atoms with Crippen molar-refractivity contribution in [3.8, 4) is 0 Å². The molecule has 1 saturated carbocycles. The van der Waals surface area contributed by atoms with Crippen molar-refractivity contribution >= 4 is 46.4 Å². The summed E-state index contributed by atoms with van der Waals surface area (Å²) < 4.78 is 1.00. The van der Waals surface area contributed by atoms with Crippen LogP contribution in [-0.2, 0) is 9.59 Å². The summed E-state index contributed by atoms with van der Waals surface area (Å²) in [6.07, 6.45) is 5.22. The van der Waals surface area contributed by atoms with Crippen LogP contribution in [-0.4, -0.2) is 41.5 Å². The van der Waals surface area contributed by atoms with Gasteiger partial charge in [-0.25, -0.2) is 9.98 Å². The highest BCUT2D eigenvalue weighted by atomic mass is 79.9. The maximum atomic E-state index is 11.7. The van der Waals surface area contributed by atoms with Crippen molar-refractivity contribution in [2.45, 2.75) is 31.8 Å². The van der Waals surface area contributed by atoms with E-state index in [9.17, 15) is 9.59 Å². The van der Waals surface area contributed by atoms with E-state index in [4.69, 9.17) is 10.7 Å². The number of nitrogens with two attached hydrogens (primary N) is 1. The van der Waals surface area contributed by atoms with Gasteiger partial charge in [0.05, 0.1) is 24.0 Å². The molecule has 11 heteroatoms. The average Bonchev–Trinajstić information content (AvgIpc) is 3.58. The summed E-state index contributed by atoms with van der Waals surface area (Å²) in [5.41, 5.74) is 10.2. The SMILES string of the molecule is C[C@H](N=C1NC2=C=C(/C=C(\N)C(=O)NC=O)C=NN2C(=NC2CC2)N1)c1ccc(Br)cc1. The second kappa shape index (κ2) is 9.21. The molecule has 0 unspecified atom stereocenters. The molecule has 0 bridgehead atoms. The summed E-state index contributed by atoms with van der Waals surface area (Å²) in [6.45, 7) is 1.99. The van der Waals surface area contributed by atoms with Crippen molar-refractivity contribution in [2.24, 2.45) is 20.8 Å². The number of nitrogens with one attached hydrogen (secondary N) is 3. The minimum absolute atomic E-state index is 0.120. The van der Waals surface area contributed by atoms with Crippen LogP contribution in [0.2, 0.25) is 0 Å². The van der Waals surface area contributed by atoms with Crippen LogP contribution in [0.1, 0.15) is 31.4 Å². The maximum Gasteiger partial charge on any atom is 0.273 e. The number of halogens is 1. The standard InChI is InChI=1S/C21H21BrN8O2/c1-12(14-2-4-15(22)5-3-14)26-20-28-18-9-13(8-17(23)19(32)24-11-31)10-25-30(18)21(29-20)27-16-6-7-16/h2-5,8,10-12,16H,6-7,23H2,1H3,(H,24,31,32)(H2,26,27,28,29)/b17-8-/t12-/m0/s1. The molecular formula is C21H21BrN8O2. The Hall–Kier alpha value is -3.69. The van der Waals surface area contributed by atoms with Gasteiger partial charge >= 0.3 is 0 Å². The summed E-state index contributed by atoms with van der Waals surface area (Å²) in [7, 11) is 0. The Kier molecular flexibility index (Phi) is 6.20. The topological polar surface area (TPSA) is 137 Å². The van der Waals surface area contributed by atoms with Gasteiger partial charge in [0.15, 0.2) is 5.82 Å². The zero-order valence-electron chi connectivity index (χ0n) is 17.2. The summed E-state index contributed by atoms with van der Waals surface area (Å²) in [6, 6.07) is 8.09. The predicted molar refractivity (Wildman–Crippen MR) is 124 cm³/mol. The number of benzene rings is 1. The molecule has 0 aromatic heterocycles. The first-order chi connectivity index (χ1) is 15.4. The van der Waals surface area contributed by atoms with Gasteiger partial charge in [0.25, 0.3) is 5.91 Å². The first-order valence-electron chi connectivity index (χ1n) is 9.95. The minimum atomic E-state index is -0.699. The fourth-order valence-corrected chi connectivity index (χ4v) is 3.19. The molecule has 0 spiro atoms. The predicted octanol–water partition coefficient (Wildman–Crippen LogP) is 1.36. The van der Waals surface area contributed by atoms with E-state index in [0.717, 1.165) is 22.9 Å². The number of hydrazone groups is 1. The van der Waals surface area contributed by atoms with E-state index in [1.165, 1.54) is 12.3 Å². The average molecular weight is 497 g/mol. The van der Waals surface area contributed by atoms with Crippen LogP contribution in [0.15, 0.2) is 72.7 Å². The van der Waals surface area contributed by atoms with Gasteiger partial charge in [-0.15, -0.1) is 0 Å². The highest BCUT2D eigenvalue weighted by Crippen LogP contribution is 2.25. The number of guanidine groups is 2. The summed E-state index contributed by atoms with van der Waals surface area (Å²) in [5.74, 6) is 0.837. The molecule has 0 radical (unpaired) electrons. The molecule has 1 atom stereocenters. The molecule has 1 aromatic carbocycles. The van der Waals surface area contributed by atoms with Gasteiger partial charge in [-0.2, -0.15) is 10.1 Å². The van der Waals surface area contributed by atoms with E-state index in [1.807, 2.05) is 36.5 Å². The molecule has 3 aliphatic rings. The number of carbonyl (C=O) groups excluding carboxylic acids is 2. The number of rotatable bonds is 6.